The van der Waals surface area contributed by atoms with Crippen molar-refractivity contribution in [3.8, 4) is 11.4 Å². The quantitative estimate of drug-likeness (QED) is 0.617. The van der Waals surface area contributed by atoms with Crippen LogP contribution in [0.5, 0.6) is 0 Å². The summed E-state index contributed by atoms with van der Waals surface area (Å²) in [5.41, 5.74) is 5.41. The smallest absolute Gasteiger partial charge is 0.256 e. The molecule has 0 saturated carbocycles. The van der Waals surface area contributed by atoms with Crippen molar-refractivity contribution in [3.63, 3.8) is 0 Å². The molecule has 0 amide bonds. The summed E-state index contributed by atoms with van der Waals surface area (Å²) in [4.78, 5) is 17.2. The van der Waals surface area contributed by atoms with E-state index in [-0.39, 0.29) is 12.2 Å². The molecule has 0 unspecified atom stereocenters. The maximum atomic E-state index is 12.4. The molecule has 0 aliphatic carbocycles. The molecule has 0 spiro atoms. The summed E-state index contributed by atoms with van der Waals surface area (Å²) in [6.45, 7) is 2.44. The Labute approximate surface area is 127 Å². The number of pyridine rings is 2. The zero-order valence-corrected chi connectivity index (χ0v) is 12.3. The van der Waals surface area contributed by atoms with Gasteiger partial charge in [-0.1, -0.05) is 25.1 Å². The van der Waals surface area contributed by atoms with Gasteiger partial charge in [0.25, 0.3) is 5.56 Å². The zero-order chi connectivity index (χ0) is 15.3. The van der Waals surface area contributed by atoms with Crippen LogP contribution in [0, 0.1) is 0 Å². The first-order valence-corrected chi connectivity index (χ1v) is 7.49. The first kappa shape index (κ1) is 13.2. The van der Waals surface area contributed by atoms with Crippen LogP contribution in [-0.4, -0.2) is 14.7 Å². The SMILES string of the molecule is CCc1c2c(nc3ccccc13)-c1ccc(CO)c(=O)n1C2. The molecule has 0 fully saturated rings. The Morgan fingerprint density at radius 2 is 2.05 bits per heavy atom. The number of hydrogen-bond acceptors (Lipinski definition) is 3. The zero-order valence-electron chi connectivity index (χ0n) is 12.3. The molecule has 0 radical (unpaired) electrons. The molecule has 110 valence electrons. The number of aryl methyl sites for hydroxylation is 1. The number of nitrogens with zero attached hydrogens (tertiary/aromatic N) is 2. The molecular formula is C18H16N2O2. The number of para-hydroxylation sites is 1. The van der Waals surface area contributed by atoms with Crippen molar-refractivity contribution in [3.05, 3.63) is 63.4 Å². The third-order valence-corrected chi connectivity index (χ3v) is 4.45. The maximum absolute atomic E-state index is 12.4. The number of aliphatic hydroxyl groups excluding tert-OH is 1. The number of aromatic nitrogens is 2. The summed E-state index contributed by atoms with van der Waals surface area (Å²) in [6.07, 6.45) is 0.904. The van der Waals surface area contributed by atoms with E-state index in [1.54, 1.807) is 10.6 Å². The lowest BCUT2D eigenvalue weighted by atomic mass is 9.99. The summed E-state index contributed by atoms with van der Waals surface area (Å²) < 4.78 is 1.72. The molecule has 0 bridgehead atoms. The van der Waals surface area contributed by atoms with Crippen molar-refractivity contribution in [1.29, 1.82) is 0 Å². The van der Waals surface area contributed by atoms with E-state index in [1.165, 1.54) is 5.56 Å². The van der Waals surface area contributed by atoms with Crippen LogP contribution < -0.4 is 5.56 Å². The van der Waals surface area contributed by atoms with Gasteiger partial charge in [-0.2, -0.15) is 0 Å². The van der Waals surface area contributed by atoms with Crippen LogP contribution in [0.2, 0.25) is 0 Å². The Kier molecular flexibility index (Phi) is 2.87. The standard InChI is InChI=1S/C18H16N2O2/c1-2-12-13-5-3-4-6-15(13)19-17-14(12)9-20-16(17)8-7-11(10-21)18(20)22/h3-8,21H,2,9-10H2,1H3. The summed E-state index contributed by atoms with van der Waals surface area (Å²) in [5, 5.41) is 10.5. The van der Waals surface area contributed by atoms with Crippen LogP contribution >= 0.6 is 0 Å². The molecule has 1 aromatic carbocycles. The van der Waals surface area contributed by atoms with Gasteiger partial charge in [0.2, 0.25) is 0 Å². The third kappa shape index (κ3) is 1.67. The highest BCUT2D eigenvalue weighted by molar-refractivity contribution is 5.87. The van der Waals surface area contributed by atoms with Crippen molar-refractivity contribution in [2.45, 2.75) is 26.5 Å². The van der Waals surface area contributed by atoms with Crippen molar-refractivity contribution in [2.75, 3.05) is 0 Å². The van der Waals surface area contributed by atoms with Crippen LogP contribution in [0.1, 0.15) is 23.6 Å². The number of benzene rings is 1. The monoisotopic (exact) mass is 292 g/mol. The fourth-order valence-electron chi connectivity index (χ4n) is 3.37. The highest BCUT2D eigenvalue weighted by Crippen LogP contribution is 2.35. The van der Waals surface area contributed by atoms with E-state index in [4.69, 9.17) is 4.98 Å². The molecule has 4 nitrogen and oxygen atoms in total. The van der Waals surface area contributed by atoms with Gasteiger partial charge in [0.15, 0.2) is 0 Å². The second-order valence-electron chi connectivity index (χ2n) is 5.58. The lowest BCUT2D eigenvalue weighted by Crippen LogP contribution is -2.22. The number of hydrogen-bond donors (Lipinski definition) is 1. The minimum atomic E-state index is -0.231. The molecule has 1 N–H and O–H groups in total. The predicted molar refractivity (Wildman–Crippen MR) is 85.8 cm³/mol. The third-order valence-electron chi connectivity index (χ3n) is 4.45. The molecule has 1 aliphatic heterocycles. The Morgan fingerprint density at radius 1 is 1.23 bits per heavy atom. The second kappa shape index (κ2) is 4.78. The lowest BCUT2D eigenvalue weighted by Gasteiger charge is -2.09. The summed E-state index contributed by atoms with van der Waals surface area (Å²) in [5.74, 6) is 0. The highest BCUT2D eigenvalue weighted by atomic mass is 16.3. The molecule has 22 heavy (non-hydrogen) atoms. The van der Waals surface area contributed by atoms with Crippen LogP contribution in [0.15, 0.2) is 41.2 Å². The minimum absolute atomic E-state index is 0.121. The van der Waals surface area contributed by atoms with Gasteiger partial charge in [0.05, 0.1) is 30.1 Å². The van der Waals surface area contributed by atoms with Gasteiger partial charge < -0.3 is 9.67 Å². The molecule has 4 heteroatoms. The average Bonchev–Trinajstić information content (AvgIpc) is 2.92. The molecule has 3 heterocycles. The van der Waals surface area contributed by atoms with E-state index in [0.29, 0.717) is 12.1 Å². The van der Waals surface area contributed by atoms with Crippen molar-refractivity contribution in [2.24, 2.45) is 0 Å². The van der Waals surface area contributed by atoms with E-state index in [0.717, 1.165) is 34.3 Å². The fraction of sp³-hybridized carbons (Fsp3) is 0.222. The van der Waals surface area contributed by atoms with Crippen LogP contribution in [0.25, 0.3) is 22.3 Å². The molecule has 2 aromatic heterocycles. The van der Waals surface area contributed by atoms with Gasteiger partial charge >= 0.3 is 0 Å². The minimum Gasteiger partial charge on any atom is -0.391 e. The second-order valence-corrected chi connectivity index (χ2v) is 5.58. The number of aliphatic hydroxyl groups is 1. The van der Waals surface area contributed by atoms with Crippen LogP contribution in [0.4, 0.5) is 0 Å². The first-order valence-electron chi connectivity index (χ1n) is 7.49. The van der Waals surface area contributed by atoms with E-state index < -0.39 is 0 Å². The Balaban J connectivity index is 2.07. The largest absolute Gasteiger partial charge is 0.391 e. The number of fused-ring (bicyclic) bond motifs is 4. The van der Waals surface area contributed by atoms with Gasteiger partial charge in [-0.15, -0.1) is 0 Å². The molecular weight excluding hydrogens is 276 g/mol. The molecule has 1 aliphatic rings. The molecule has 3 aromatic rings. The average molecular weight is 292 g/mol. The van der Waals surface area contributed by atoms with E-state index in [9.17, 15) is 9.90 Å². The van der Waals surface area contributed by atoms with Crippen molar-refractivity contribution in [1.82, 2.24) is 9.55 Å². The summed E-state index contributed by atoms with van der Waals surface area (Å²) in [7, 11) is 0. The highest BCUT2D eigenvalue weighted by Gasteiger charge is 2.25. The topological polar surface area (TPSA) is 55.1 Å². The van der Waals surface area contributed by atoms with Crippen molar-refractivity contribution < 1.29 is 5.11 Å². The molecule has 4 rings (SSSR count). The lowest BCUT2D eigenvalue weighted by molar-refractivity contribution is 0.279. The molecule has 0 atom stereocenters. The van der Waals surface area contributed by atoms with Gasteiger partial charge in [-0.3, -0.25) is 4.79 Å². The Bertz CT molecular complexity index is 957. The van der Waals surface area contributed by atoms with Gasteiger partial charge in [-0.25, -0.2) is 4.98 Å². The Hall–Kier alpha value is -2.46. The van der Waals surface area contributed by atoms with E-state index >= 15 is 0 Å². The summed E-state index contributed by atoms with van der Waals surface area (Å²) in [6, 6.07) is 11.7. The van der Waals surface area contributed by atoms with Crippen molar-refractivity contribution >= 4 is 10.9 Å². The van der Waals surface area contributed by atoms with Gasteiger partial charge in [-0.05, 0) is 30.2 Å². The van der Waals surface area contributed by atoms with Gasteiger partial charge in [0, 0.05) is 16.5 Å². The molecule has 0 saturated heterocycles. The normalized spacial score (nSPS) is 12.5. The fourth-order valence-corrected chi connectivity index (χ4v) is 3.37. The van der Waals surface area contributed by atoms with Gasteiger partial charge in [0.1, 0.15) is 0 Å². The van der Waals surface area contributed by atoms with Crippen LogP contribution in [-0.2, 0) is 19.6 Å². The maximum Gasteiger partial charge on any atom is 0.256 e. The summed E-state index contributed by atoms with van der Waals surface area (Å²) >= 11 is 0. The number of rotatable bonds is 2. The van der Waals surface area contributed by atoms with Crippen LogP contribution in [0.3, 0.4) is 0 Å². The van der Waals surface area contributed by atoms with E-state index in [2.05, 4.69) is 13.0 Å². The first-order chi connectivity index (χ1) is 10.7. The van der Waals surface area contributed by atoms with E-state index in [1.807, 2.05) is 24.3 Å². The Morgan fingerprint density at radius 3 is 2.82 bits per heavy atom. The predicted octanol–water partition coefficient (Wildman–Crippen LogP) is 2.48.